The molecular weight excluding hydrogens is 435 g/mol. The summed E-state index contributed by atoms with van der Waals surface area (Å²) in [5.74, 6) is -4.39. The summed E-state index contributed by atoms with van der Waals surface area (Å²) in [5.41, 5.74) is 2.47. The monoisotopic (exact) mass is 464 g/mol. The van der Waals surface area contributed by atoms with E-state index in [0.29, 0.717) is 18.1 Å². The Hall–Kier alpha value is -2.89. The highest BCUT2D eigenvalue weighted by molar-refractivity contribution is 5.64. The third-order valence-electron chi connectivity index (χ3n) is 6.16. The van der Waals surface area contributed by atoms with Gasteiger partial charge in [0.2, 0.25) is 0 Å². The van der Waals surface area contributed by atoms with Crippen molar-refractivity contribution < 1.29 is 28.1 Å². The lowest BCUT2D eigenvalue weighted by atomic mass is 9.79. The van der Waals surface area contributed by atoms with Crippen molar-refractivity contribution in [2.75, 3.05) is 0 Å². The molecule has 0 bridgehead atoms. The first-order chi connectivity index (χ1) is 15.2. The topological polar surface area (TPSA) is 9.23 Å². The fraction of sp³-hybridized carbons (Fsp3) is 0.333. The quantitative estimate of drug-likeness (QED) is 0.270. The van der Waals surface area contributed by atoms with Crippen LogP contribution in [0.4, 0.5) is 22.0 Å². The van der Waals surface area contributed by atoms with Gasteiger partial charge < -0.3 is 4.74 Å². The van der Waals surface area contributed by atoms with E-state index in [9.17, 15) is 22.0 Å². The molecule has 1 saturated carbocycles. The second-order valence-electron chi connectivity index (χ2n) is 8.48. The van der Waals surface area contributed by atoms with E-state index in [1.807, 2.05) is 12.1 Å². The summed E-state index contributed by atoms with van der Waals surface area (Å²) in [7, 11) is 0. The van der Waals surface area contributed by atoms with Crippen molar-refractivity contribution in [2.24, 2.45) is 5.92 Å². The Kier molecular flexibility index (Phi) is 7.45. The number of halogens is 5. The molecule has 4 rings (SSSR count). The molecule has 1 aliphatic rings. The van der Waals surface area contributed by atoms with Crippen LogP contribution in [0.25, 0.3) is 11.1 Å². The second-order valence-corrected chi connectivity index (χ2v) is 8.48. The van der Waals surface area contributed by atoms with Crippen LogP contribution in [-0.2, 0) is 6.11 Å². The van der Waals surface area contributed by atoms with Crippen LogP contribution in [0.15, 0.2) is 60.7 Å². The van der Waals surface area contributed by atoms with E-state index in [0.717, 1.165) is 17.0 Å². The molecule has 0 N–H and O–H groups in total. The molecule has 1 fully saturated rings. The van der Waals surface area contributed by atoms with Crippen molar-refractivity contribution in [3.05, 3.63) is 89.2 Å². The van der Waals surface area contributed by atoms with Gasteiger partial charge in [-0.2, -0.15) is 8.78 Å². The van der Waals surface area contributed by atoms with Crippen LogP contribution in [0.1, 0.15) is 58.5 Å². The van der Waals surface area contributed by atoms with E-state index in [4.69, 9.17) is 0 Å². The molecule has 1 aliphatic carbocycles. The molecule has 1 nitrogen and oxygen atoms in total. The molecule has 0 aromatic heterocycles. The van der Waals surface area contributed by atoms with E-state index in [1.165, 1.54) is 55.5 Å². The number of hydrogen-bond acceptors (Lipinski definition) is 1. The lowest BCUT2D eigenvalue weighted by Crippen LogP contribution is -2.22. The van der Waals surface area contributed by atoms with E-state index in [-0.39, 0.29) is 8.85 Å². The van der Waals surface area contributed by atoms with Crippen LogP contribution >= 0.6 is 0 Å². The van der Waals surface area contributed by atoms with E-state index in [1.54, 1.807) is 0 Å². The summed E-state index contributed by atoms with van der Waals surface area (Å²) >= 11 is 0. The second kappa shape index (κ2) is 9.94. The van der Waals surface area contributed by atoms with Gasteiger partial charge in [-0.3, -0.25) is 0 Å². The van der Waals surface area contributed by atoms with Crippen LogP contribution in [0.3, 0.4) is 0 Å². The van der Waals surface area contributed by atoms with E-state index in [2.05, 4.69) is 23.8 Å². The Morgan fingerprint density at radius 3 is 1.79 bits per heavy atom. The SMILES string of the molecule is C.CC1CCC(c2ccc(-c3ccc(C(F)(F)Oc4cc(F)c(F)c(F)c4)cc3)cc2)CC1.[HH]. The van der Waals surface area contributed by atoms with Crippen molar-refractivity contribution in [2.45, 2.75) is 52.1 Å². The minimum Gasteiger partial charge on any atom is -0.429 e. The van der Waals surface area contributed by atoms with Gasteiger partial charge in [-0.25, -0.2) is 13.2 Å². The average molecular weight is 465 g/mol. The van der Waals surface area contributed by atoms with Crippen molar-refractivity contribution in [1.82, 2.24) is 0 Å². The molecule has 0 spiro atoms. The average Bonchev–Trinajstić information content (AvgIpc) is 2.78. The van der Waals surface area contributed by atoms with Gasteiger partial charge >= 0.3 is 6.11 Å². The fourth-order valence-electron chi connectivity index (χ4n) is 4.20. The third kappa shape index (κ3) is 5.55. The molecule has 0 aliphatic heterocycles. The number of alkyl halides is 2. The number of hydrogen-bond donors (Lipinski definition) is 0. The highest BCUT2D eigenvalue weighted by Crippen LogP contribution is 2.37. The standard InChI is InChI=1S/C26H23F5O.CH4.H2/c1-16-2-4-17(5-3-16)18-6-8-19(9-7-18)20-10-12-21(13-11-20)26(30,31)32-22-14-23(27)25(29)24(28)15-22;;/h6-17H,2-5H2,1H3;1H4;1H. The van der Waals surface area contributed by atoms with Crippen molar-refractivity contribution >= 4 is 0 Å². The Bertz CT molecular complexity index is 1050. The van der Waals surface area contributed by atoms with Crippen LogP contribution in [0.2, 0.25) is 0 Å². The predicted molar refractivity (Wildman–Crippen MR) is 122 cm³/mol. The number of ether oxygens (including phenoxy) is 1. The third-order valence-corrected chi connectivity index (χ3v) is 6.16. The zero-order valence-corrected chi connectivity index (χ0v) is 17.6. The van der Waals surface area contributed by atoms with Crippen LogP contribution < -0.4 is 4.74 Å². The molecule has 0 heterocycles. The minimum absolute atomic E-state index is 0. The van der Waals surface area contributed by atoms with E-state index < -0.39 is 34.9 Å². The first kappa shape index (κ1) is 24.7. The molecule has 0 atom stereocenters. The van der Waals surface area contributed by atoms with Crippen molar-refractivity contribution in [3.8, 4) is 16.9 Å². The van der Waals surface area contributed by atoms with Gasteiger partial charge in [-0.15, -0.1) is 0 Å². The van der Waals surface area contributed by atoms with Gasteiger partial charge in [0.1, 0.15) is 5.75 Å². The van der Waals surface area contributed by atoms with Gasteiger partial charge in [-0.05, 0) is 53.5 Å². The highest BCUT2D eigenvalue weighted by atomic mass is 19.3. The van der Waals surface area contributed by atoms with Gasteiger partial charge in [-0.1, -0.05) is 63.6 Å². The van der Waals surface area contributed by atoms with Gasteiger partial charge in [0.05, 0.1) is 5.56 Å². The molecule has 3 aromatic carbocycles. The first-order valence-electron chi connectivity index (χ1n) is 10.6. The van der Waals surface area contributed by atoms with Gasteiger partial charge in [0.25, 0.3) is 0 Å². The number of benzene rings is 3. The summed E-state index contributed by atoms with van der Waals surface area (Å²) in [6, 6.07) is 14.4. The minimum atomic E-state index is -3.85. The molecule has 33 heavy (non-hydrogen) atoms. The Balaban J connectivity index is 0.00000204. The summed E-state index contributed by atoms with van der Waals surface area (Å²) in [5, 5.41) is 0. The Morgan fingerprint density at radius 2 is 1.27 bits per heavy atom. The molecule has 0 saturated heterocycles. The van der Waals surface area contributed by atoms with Crippen molar-refractivity contribution in [3.63, 3.8) is 0 Å². The van der Waals surface area contributed by atoms with Crippen LogP contribution in [-0.4, -0.2) is 0 Å². The van der Waals surface area contributed by atoms with Gasteiger partial charge in [0, 0.05) is 13.6 Å². The zero-order chi connectivity index (χ0) is 22.9. The normalized spacial score (nSPS) is 18.5. The number of rotatable bonds is 5. The molecular formula is C27H29F5O. The largest absolute Gasteiger partial charge is 0.429 e. The maximum Gasteiger partial charge on any atom is 0.426 e. The van der Waals surface area contributed by atoms with E-state index >= 15 is 0 Å². The fourth-order valence-corrected chi connectivity index (χ4v) is 4.20. The lowest BCUT2D eigenvalue weighted by molar-refractivity contribution is -0.185. The molecule has 0 radical (unpaired) electrons. The Morgan fingerprint density at radius 1 is 0.788 bits per heavy atom. The summed E-state index contributed by atoms with van der Waals surface area (Å²) in [4.78, 5) is 0. The zero-order valence-electron chi connectivity index (χ0n) is 17.6. The Labute approximate surface area is 192 Å². The first-order valence-corrected chi connectivity index (χ1v) is 10.6. The predicted octanol–water partition coefficient (Wildman–Crippen LogP) is 9.07. The van der Waals surface area contributed by atoms with Crippen LogP contribution in [0.5, 0.6) is 5.75 Å². The summed E-state index contributed by atoms with van der Waals surface area (Å²) < 4.78 is 73.0. The summed E-state index contributed by atoms with van der Waals surface area (Å²) in [6.07, 6.45) is 0.998. The molecule has 3 aromatic rings. The molecule has 0 unspecified atom stereocenters. The maximum absolute atomic E-state index is 14.5. The van der Waals surface area contributed by atoms with Crippen LogP contribution in [0, 0.1) is 23.4 Å². The van der Waals surface area contributed by atoms with Gasteiger partial charge in [0.15, 0.2) is 17.5 Å². The smallest absolute Gasteiger partial charge is 0.426 e. The molecule has 178 valence electrons. The molecule has 6 heteroatoms. The highest BCUT2D eigenvalue weighted by Gasteiger charge is 2.35. The van der Waals surface area contributed by atoms with Crippen molar-refractivity contribution in [1.29, 1.82) is 0 Å². The molecule has 0 amide bonds. The lowest BCUT2D eigenvalue weighted by Gasteiger charge is -2.26. The summed E-state index contributed by atoms with van der Waals surface area (Å²) in [6.45, 7) is 2.29. The maximum atomic E-state index is 14.5.